The second kappa shape index (κ2) is 7.22. The smallest absolute Gasteiger partial charge is 0.270 e. The number of pyridine rings is 1. The van der Waals surface area contributed by atoms with Crippen molar-refractivity contribution in [1.82, 2.24) is 10.3 Å². The van der Waals surface area contributed by atoms with Crippen LogP contribution < -0.4 is 10.6 Å². The molecule has 1 aromatic heterocycles. The van der Waals surface area contributed by atoms with E-state index in [1.165, 1.54) is 0 Å². The van der Waals surface area contributed by atoms with Gasteiger partial charge in [-0.3, -0.25) is 9.78 Å². The molecule has 3 rings (SSSR count). The fourth-order valence-corrected chi connectivity index (χ4v) is 2.19. The number of anilines is 2. The fourth-order valence-electron chi connectivity index (χ4n) is 2.19. The third-order valence-electron chi connectivity index (χ3n) is 3.35. The molecule has 2 aromatic carbocycles. The highest BCUT2D eigenvalue weighted by Crippen LogP contribution is 2.16. The van der Waals surface area contributed by atoms with Gasteiger partial charge in [0.25, 0.3) is 5.91 Å². The lowest BCUT2D eigenvalue weighted by molar-refractivity contribution is 0.0946. The summed E-state index contributed by atoms with van der Waals surface area (Å²) < 4.78 is 0. The molecule has 114 valence electrons. The van der Waals surface area contributed by atoms with Crippen LogP contribution in [-0.4, -0.2) is 10.9 Å². The van der Waals surface area contributed by atoms with E-state index in [2.05, 4.69) is 15.6 Å². The van der Waals surface area contributed by atoms with Gasteiger partial charge in [0.05, 0.1) is 0 Å². The van der Waals surface area contributed by atoms with Crippen molar-refractivity contribution in [1.29, 1.82) is 0 Å². The number of para-hydroxylation sites is 1. The molecule has 0 aliphatic rings. The molecule has 2 N–H and O–H groups in total. The summed E-state index contributed by atoms with van der Waals surface area (Å²) in [5, 5.41) is 6.13. The first kappa shape index (κ1) is 14.8. The van der Waals surface area contributed by atoms with Gasteiger partial charge in [0.1, 0.15) is 5.69 Å². The maximum Gasteiger partial charge on any atom is 0.270 e. The lowest BCUT2D eigenvalue weighted by Crippen LogP contribution is -2.23. The molecule has 23 heavy (non-hydrogen) atoms. The van der Waals surface area contributed by atoms with Gasteiger partial charge in [-0.2, -0.15) is 0 Å². The fraction of sp³-hybridized carbons (Fsp3) is 0.0526. The molecule has 1 amide bonds. The number of benzene rings is 2. The maximum absolute atomic E-state index is 12.2. The molecule has 0 aliphatic heterocycles. The summed E-state index contributed by atoms with van der Waals surface area (Å²) in [6.07, 6.45) is 1.63. The van der Waals surface area contributed by atoms with Crippen LogP contribution in [0.15, 0.2) is 79.0 Å². The molecule has 4 heteroatoms. The topological polar surface area (TPSA) is 54.0 Å². The Balaban J connectivity index is 1.65. The average molecular weight is 303 g/mol. The molecule has 0 fully saturated rings. The van der Waals surface area contributed by atoms with Crippen molar-refractivity contribution in [2.75, 3.05) is 5.32 Å². The molecule has 0 atom stereocenters. The minimum absolute atomic E-state index is 0.189. The van der Waals surface area contributed by atoms with Gasteiger partial charge < -0.3 is 10.6 Å². The Bertz CT molecular complexity index is 773. The summed E-state index contributed by atoms with van der Waals surface area (Å²) in [7, 11) is 0. The molecule has 0 saturated carbocycles. The minimum Gasteiger partial charge on any atom is -0.355 e. The maximum atomic E-state index is 12.2. The molecule has 0 unspecified atom stereocenters. The van der Waals surface area contributed by atoms with Crippen LogP contribution in [0.4, 0.5) is 11.4 Å². The second-order valence-corrected chi connectivity index (χ2v) is 5.09. The van der Waals surface area contributed by atoms with Crippen molar-refractivity contribution in [2.24, 2.45) is 0 Å². The highest BCUT2D eigenvalue weighted by molar-refractivity contribution is 5.93. The van der Waals surface area contributed by atoms with E-state index in [1.54, 1.807) is 12.3 Å². The van der Waals surface area contributed by atoms with Crippen LogP contribution in [0.2, 0.25) is 0 Å². The van der Waals surface area contributed by atoms with Crippen LogP contribution in [-0.2, 0) is 6.54 Å². The number of carbonyl (C=O) groups is 1. The SMILES string of the molecule is O=C(NCc1ccccc1)c1cc(Nc2ccccc2)ccn1. The molecular weight excluding hydrogens is 286 g/mol. The van der Waals surface area contributed by atoms with Gasteiger partial charge in [-0.25, -0.2) is 0 Å². The van der Waals surface area contributed by atoms with Crippen molar-refractivity contribution >= 4 is 17.3 Å². The number of nitrogens with one attached hydrogen (secondary N) is 2. The Morgan fingerprint density at radius 3 is 2.30 bits per heavy atom. The van der Waals surface area contributed by atoms with Crippen LogP contribution in [0.5, 0.6) is 0 Å². The Morgan fingerprint density at radius 2 is 1.57 bits per heavy atom. The quantitative estimate of drug-likeness (QED) is 0.754. The predicted molar refractivity (Wildman–Crippen MR) is 91.6 cm³/mol. The molecule has 4 nitrogen and oxygen atoms in total. The number of rotatable bonds is 5. The van der Waals surface area contributed by atoms with E-state index < -0.39 is 0 Å². The number of hydrogen-bond acceptors (Lipinski definition) is 3. The van der Waals surface area contributed by atoms with E-state index in [9.17, 15) is 4.79 Å². The number of hydrogen-bond donors (Lipinski definition) is 2. The highest BCUT2D eigenvalue weighted by atomic mass is 16.1. The molecule has 0 saturated heterocycles. The van der Waals surface area contributed by atoms with E-state index in [-0.39, 0.29) is 5.91 Å². The van der Waals surface area contributed by atoms with Crippen molar-refractivity contribution in [3.05, 3.63) is 90.3 Å². The van der Waals surface area contributed by atoms with Crippen molar-refractivity contribution in [2.45, 2.75) is 6.54 Å². The highest BCUT2D eigenvalue weighted by Gasteiger charge is 2.07. The Hall–Kier alpha value is -3.14. The van der Waals surface area contributed by atoms with E-state index in [1.807, 2.05) is 66.7 Å². The van der Waals surface area contributed by atoms with Crippen LogP contribution >= 0.6 is 0 Å². The summed E-state index contributed by atoms with van der Waals surface area (Å²) in [5.41, 5.74) is 3.24. The number of nitrogens with zero attached hydrogens (tertiary/aromatic N) is 1. The van der Waals surface area contributed by atoms with Gasteiger partial charge in [0.15, 0.2) is 0 Å². The van der Waals surface area contributed by atoms with Gasteiger partial charge in [-0.1, -0.05) is 48.5 Å². The Morgan fingerprint density at radius 1 is 0.870 bits per heavy atom. The van der Waals surface area contributed by atoms with Gasteiger partial charge >= 0.3 is 0 Å². The van der Waals surface area contributed by atoms with E-state index in [4.69, 9.17) is 0 Å². The minimum atomic E-state index is -0.189. The largest absolute Gasteiger partial charge is 0.355 e. The molecule has 0 aliphatic carbocycles. The molecule has 0 spiro atoms. The van der Waals surface area contributed by atoms with Crippen LogP contribution in [0.25, 0.3) is 0 Å². The van der Waals surface area contributed by atoms with Crippen LogP contribution in [0, 0.1) is 0 Å². The van der Waals surface area contributed by atoms with E-state index >= 15 is 0 Å². The first-order chi connectivity index (χ1) is 11.3. The van der Waals surface area contributed by atoms with Crippen molar-refractivity contribution < 1.29 is 4.79 Å². The van der Waals surface area contributed by atoms with E-state index in [0.29, 0.717) is 12.2 Å². The van der Waals surface area contributed by atoms with Gasteiger partial charge in [-0.05, 0) is 29.8 Å². The summed E-state index contributed by atoms with van der Waals surface area (Å²) in [6, 6.07) is 23.2. The monoisotopic (exact) mass is 303 g/mol. The first-order valence-corrected chi connectivity index (χ1v) is 7.41. The average Bonchev–Trinajstić information content (AvgIpc) is 2.62. The number of carbonyl (C=O) groups excluding carboxylic acids is 1. The Labute approximate surface area is 135 Å². The molecule has 0 bridgehead atoms. The zero-order chi connectivity index (χ0) is 15.9. The third-order valence-corrected chi connectivity index (χ3v) is 3.35. The summed E-state index contributed by atoms with van der Waals surface area (Å²) in [5.74, 6) is -0.189. The standard InChI is InChI=1S/C19H17N3O/c23-19(21-14-15-7-3-1-4-8-15)18-13-17(11-12-20-18)22-16-9-5-2-6-10-16/h1-13H,14H2,(H,20,22)(H,21,23). The summed E-state index contributed by atoms with van der Waals surface area (Å²) in [6.45, 7) is 0.484. The normalized spacial score (nSPS) is 10.1. The first-order valence-electron chi connectivity index (χ1n) is 7.41. The number of amides is 1. The summed E-state index contributed by atoms with van der Waals surface area (Å²) >= 11 is 0. The zero-order valence-corrected chi connectivity index (χ0v) is 12.6. The van der Waals surface area contributed by atoms with Crippen LogP contribution in [0.3, 0.4) is 0 Å². The lowest BCUT2D eigenvalue weighted by Gasteiger charge is -2.08. The van der Waals surface area contributed by atoms with Crippen molar-refractivity contribution in [3.8, 4) is 0 Å². The lowest BCUT2D eigenvalue weighted by atomic mass is 10.2. The van der Waals surface area contributed by atoms with Gasteiger partial charge in [-0.15, -0.1) is 0 Å². The molecule has 1 heterocycles. The second-order valence-electron chi connectivity index (χ2n) is 5.09. The molecule has 0 radical (unpaired) electrons. The Kier molecular flexibility index (Phi) is 4.64. The summed E-state index contributed by atoms with van der Waals surface area (Å²) in [4.78, 5) is 16.4. The van der Waals surface area contributed by atoms with E-state index in [0.717, 1.165) is 16.9 Å². The van der Waals surface area contributed by atoms with Crippen molar-refractivity contribution in [3.63, 3.8) is 0 Å². The van der Waals surface area contributed by atoms with Gasteiger partial charge in [0.2, 0.25) is 0 Å². The third kappa shape index (κ3) is 4.17. The molecular formula is C19H17N3O. The number of aromatic nitrogens is 1. The van der Waals surface area contributed by atoms with Gasteiger partial charge in [0, 0.05) is 24.1 Å². The zero-order valence-electron chi connectivity index (χ0n) is 12.6. The van der Waals surface area contributed by atoms with Crippen LogP contribution in [0.1, 0.15) is 16.1 Å². The molecule has 3 aromatic rings. The predicted octanol–water partition coefficient (Wildman–Crippen LogP) is 3.76.